The van der Waals surface area contributed by atoms with Crippen molar-refractivity contribution < 1.29 is 24.1 Å². The van der Waals surface area contributed by atoms with Crippen LogP contribution in [0.4, 0.5) is 0 Å². The molecule has 33 heavy (non-hydrogen) atoms. The van der Waals surface area contributed by atoms with Crippen molar-refractivity contribution in [3.05, 3.63) is 77.3 Å². The Morgan fingerprint density at radius 3 is 2.55 bits per heavy atom. The number of carboxylic acids is 1. The maximum atomic E-state index is 10.8. The third-order valence-electron chi connectivity index (χ3n) is 4.76. The van der Waals surface area contributed by atoms with E-state index in [1.165, 1.54) is 11.8 Å². The number of para-hydroxylation sites is 1. The molecule has 0 aromatic heterocycles. The second-order valence-corrected chi connectivity index (χ2v) is 8.83. The molecule has 0 saturated carbocycles. The van der Waals surface area contributed by atoms with Gasteiger partial charge in [0.2, 0.25) is 0 Å². The van der Waals surface area contributed by atoms with Crippen LogP contribution < -0.4 is 14.2 Å². The Kier molecular flexibility index (Phi) is 9.34. The number of benzene rings is 3. The molecule has 0 bridgehead atoms. The molecule has 1 N–H and O–H groups in total. The van der Waals surface area contributed by atoms with Crippen LogP contribution in [-0.2, 0) is 11.2 Å². The Balaban J connectivity index is 1.55. The summed E-state index contributed by atoms with van der Waals surface area (Å²) in [5.41, 5.74) is 1.08. The SMILES string of the molecule is CCc1cc(OCC[C@@H](C)Oc2ccc(Cl)cc2Oc2ccccc2)ccc1SCC(=O)O. The van der Waals surface area contributed by atoms with E-state index >= 15 is 0 Å². The number of aryl methyl sites for hydroxylation is 1. The lowest BCUT2D eigenvalue weighted by atomic mass is 10.1. The lowest BCUT2D eigenvalue weighted by Crippen LogP contribution is -2.16. The normalized spacial score (nSPS) is 11.6. The Bertz CT molecular complexity index is 1060. The molecule has 0 aliphatic carbocycles. The standard InChI is InChI=1S/C26H27ClO5S/c1-3-19-15-22(10-12-25(19)33-17-26(28)29)30-14-13-18(2)31-23-11-9-20(27)16-24(23)32-21-7-5-4-6-8-21/h4-12,15-16,18H,3,13-14,17H2,1-2H3,(H,28,29)/t18-/m1/s1. The summed E-state index contributed by atoms with van der Waals surface area (Å²) in [7, 11) is 0. The van der Waals surface area contributed by atoms with Gasteiger partial charge in [0, 0.05) is 22.4 Å². The summed E-state index contributed by atoms with van der Waals surface area (Å²) in [4.78, 5) is 11.8. The summed E-state index contributed by atoms with van der Waals surface area (Å²) in [5, 5.41) is 9.47. The first kappa shape index (κ1) is 24.8. The number of thioether (sulfide) groups is 1. The number of carboxylic acid groups (broad SMARTS) is 1. The third kappa shape index (κ3) is 7.91. The van der Waals surface area contributed by atoms with Gasteiger partial charge >= 0.3 is 5.97 Å². The molecule has 174 valence electrons. The summed E-state index contributed by atoms with van der Waals surface area (Å²) in [6, 6.07) is 20.6. The molecule has 0 fully saturated rings. The number of ether oxygens (including phenoxy) is 3. The lowest BCUT2D eigenvalue weighted by molar-refractivity contribution is -0.133. The van der Waals surface area contributed by atoms with Crippen molar-refractivity contribution in [2.24, 2.45) is 0 Å². The van der Waals surface area contributed by atoms with Gasteiger partial charge in [-0.15, -0.1) is 11.8 Å². The van der Waals surface area contributed by atoms with E-state index in [-0.39, 0.29) is 11.9 Å². The van der Waals surface area contributed by atoms with E-state index in [2.05, 4.69) is 0 Å². The fourth-order valence-electron chi connectivity index (χ4n) is 3.10. The highest BCUT2D eigenvalue weighted by atomic mass is 35.5. The molecule has 0 unspecified atom stereocenters. The first-order chi connectivity index (χ1) is 15.9. The number of hydrogen-bond donors (Lipinski definition) is 1. The maximum Gasteiger partial charge on any atom is 0.313 e. The smallest absolute Gasteiger partial charge is 0.313 e. The van der Waals surface area contributed by atoms with E-state index in [1.807, 2.05) is 62.4 Å². The monoisotopic (exact) mass is 486 g/mol. The van der Waals surface area contributed by atoms with Crippen molar-refractivity contribution in [2.75, 3.05) is 12.4 Å². The van der Waals surface area contributed by atoms with Crippen molar-refractivity contribution in [2.45, 2.75) is 37.7 Å². The molecule has 0 spiro atoms. The van der Waals surface area contributed by atoms with E-state index < -0.39 is 5.97 Å². The van der Waals surface area contributed by atoms with Crippen LogP contribution in [0.3, 0.4) is 0 Å². The van der Waals surface area contributed by atoms with E-state index in [9.17, 15) is 4.79 Å². The van der Waals surface area contributed by atoms with E-state index in [0.717, 1.165) is 22.6 Å². The van der Waals surface area contributed by atoms with E-state index in [1.54, 1.807) is 18.2 Å². The molecule has 0 aliphatic heterocycles. The first-order valence-electron chi connectivity index (χ1n) is 10.7. The second-order valence-electron chi connectivity index (χ2n) is 7.38. The highest BCUT2D eigenvalue weighted by Gasteiger charge is 2.12. The minimum atomic E-state index is -0.825. The summed E-state index contributed by atoms with van der Waals surface area (Å²) >= 11 is 7.48. The number of carbonyl (C=O) groups is 1. The van der Waals surface area contributed by atoms with Gasteiger partial charge in [-0.1, -0.05) is 36.7 Å². The molecular weight excluding hydrogens is 460 g/mol. The van der Waals surface area contributed by atoms with Crippen LogP contribution >= 0.6 is 23.4 Å². The Morgan fingerprint density at radius 2 is 1.82 bits per heavy atom. The zero-order valence-corrected chi connectivity index (χ0v) is 20.2. The fourth-order valence-corrected chi connectivity index (χ4v) is 4.09. The van der Waals surface area contributed by atoms with Crippen LogP contribution in [0.15, 0.2) is 71.6 Å². The third-order valence-corrected chi connectivity index (χ3v) is 6.10. The Hall–Kier alpha value is -2.83. The molecule has 0 aliphatic rings. The minimum Gasteiger partial charge on any atom is -0.493 e. The average Bonchev–Trinajstić information content (AvgIpc) is 2.80. The molecular formula is C26H27ClO5S. The summed E-state index contributed by atoms with van der Waals surface area (Å²) in [5.74, 6) is 1.86. The molecule has 1 atom stereocenters. The van der Waals surface area contributed by atoms with Crippen LogP contribution in [0.1, 0.15) is 25.8 Å². The zero-order chi connectivity index (χ0) is 23.6. The molecule has 0 amide bonds. The van der Waals surface area contributed by atoms with Gasteiger partial charge in [-0.2, -0.15) is 0 Å². The van der Waals surface area contributed by atoms with Crippen LogP contribution in [-0.4, -0.2) is 29.5 Å². The van der Waals surface area contributed by atoms with Crippen LogP contribution in [0.5, 0.6) is 23.0 Å². The van der Waals surface area contributed by atoms with Crippen LogP contribution in [0.2, 0.25) is 5.02 Å². The van der Waals surface area contributed by atoms with Crippen molar-refractivity contribution in [1.29, 1.82) is 0 Å². The zero-order valence-electron chi connectivity index (χ0n) is 18.6. The summed E-state index contributed by atoms with van der Waals surface area (Å²) < 4.78 is 18.0. The number of aliphatic carboxylic acids is 1. The molecule has 3 rings (SSSR count). The van der Waals surface area contributed by atoms with Crippen molar-refractivity contribution in [3.63, 3.8) is 0 Å². The van der Waals surface area contributed by atoms with Gasteiger partial charge in [0.05, 0.1) is 18.5 Å². The molecule has 0 saturated heterocycles. The van der Waals surface area contributed by atoms with Gasteiger partial charge < -0.3 is 19.3 Å². The molecule has 0 radical (unpaired) electrons. The van der Waals surface area contributed by atoms with E-state index in [0.29, 0.717) is 35.3 Å². The van der Waals surface area contributed by atoms with Crippen LogP contribution in [0.25, 0.3) is 0 Å². The number of hydrogen-bond acceptors (Lipinski definition) is 5. The van der Waals surface area contributed by atoms with Gasteiger partial charge in [0.25, 0.3) is 0 Å². The molecule has 7 heteroatoms. The van der Waals surface area contributed by atoms with Gasteiger partial charge in [-0.3, -0.25) is 4.79 Å². The number of rotatable bonds is 12. The highest BCUT2D eigenvalue weighted by Crippen LogP contribution is 2.35. The molecule has 5 nitrogen and oxygen atoms in total. The maximum absolute atomic E-state index is 10.8. The average molecular weight is 487 g/mol. The highest BCUT2D eigenvalue weighted by molar-refractivity contribution is 8.00. The minimum absolute atomic E-state index is 0.0444. The topological polar surface area (TPSA) is 65.0 Å². The predicted molar refractivity (Wildman–Crippen MR) is 132 cm³/mol. The first-order valence-corrected chi connectivity index (χ1v) is 12.1. The quantitative estimate of drug-likeness (QED) is 0.275. The lowest BCUT2D eigenvalue weighted by Gasteiger charge is -2.18. The van der Waals surface area contributed by atoms with E-state index in [4.69, 9.17) is 30.9 Å². The van der Waals surface area contributed by atoms with Gasteiger partial charge in [-0.05, 0) is 61.4 Å². The van der Waals surface area contributed by atoms with Crippen molar-refractivity contribution in [1.82, 2.24) is 0 Å². The summed E-state index contributed by atoms with van der Waals surface area (Å²) in [6.45, 7) is 4.50. The molecule has 0 heterocycles. The van der Waals surface area contributed by atoms with Crippen molar-refractivity contribution in [3.8, 4) is 23.0 Å². The van der Waals surface area contributed by atoms with Crippen LogP contribution in [0, 0.1) is 0 Å². The van der Waals surface area contributed by atoms with Crippen molar-refractivity contribution >= 4 is 29.3 Å². The van der Waals surface area contributed by atoms with Gasteiger partial charge in [0.15, 0.2) is 11.5 Å². The molecule has 3 aromatic rings. The fraction of sp³-hybridized carbons (Fsp3) is 0.269. The van der Waals surface area contributed by atoms with Gasteiger partial charge in [-0.25, -0.2) is 0 Å². The molecule has 3 aromatic carbocycles. The Morgan fingerprint density at radius 1 is 1.03 bits per heavy atom. The second kappa shape index (κ2) is 12.4. The largest absolute Gasteiger partial charge is 0.493 e. The predicted octanol–water partition coefficient (Wildman–Crippen LogP) is 7.11. The number of halogens is 1. The Labute approximate surface area is 203 Å². The summed E-state index contributed by atoms with van der Waals surface area (Å²) in [6.07, 6.45) is 1.37. The van der Waals surface area contributed by atoms with Gasteiger partial charge in [0.1, 0.15) is 11.5 Å².